The number of hydrogen-bond donors (Lipinski definition) is 1. The predicted molar refractivity (Wildman–Crippen MR) is 120 cm³/mol. The van der Waals surface area contributed by atoms with Crippen LogP contribution in [0, 0.1) is 19.7 Å². The minimum atomic E-state index is -0.357. The Hall–Kier alpha value is -3.65. The Morgan fingerprint density at radius 2 is 1.81 bits per heavy atom. The molecule has 1 N–H and O–H groups in total. The summed E-state index contributed by atoms with van der Waals surface area (Å²) in [5.74, 6) is -0.693. The van der Waals surface area contributed by atoms with E-state index in [1.54, 1.807) is 44.2 Å². The fraction of sp³-hybridized carbons (Fsp3) is 0.130. The van der Waals surface area contributed by atoms with Crippen molar-refractivity contribution in [3.8, 4) is 21.8 Å². The molecule has 0 bridgehead atoms. The smallest absolute Gasteiger partial charge is 0.256 e. The first-order valence-corrected chi connectivity index (χ1v) is 10.4. The maximum Gasteiger partial charge on any atom is 0.256 e. The van der Waals surface area contributed by atoms with E-state index >= 15 is 0 Å². The lowest BCUT2D eigenvalue weighted by atomic mass is 10.1. The van der Waals surface area contributed by atoms with Crippen LogP contribution in [0.4, 0.5) is 10.1 Å². The second kappa shape index (κ2) is 8.61. The topological polar surface area (TPSA) is 76.9 Å². The lowest BCUT2D eigenvalue weighted by molar-refractivity contribution is -0.116. The van der Waals surface area contributed by atoms with Crippen LogP contribution in [-0.4, -0.2) is 20.4 Å². The zero-order chi connectivity index (χ0) is 22.0. The van der Waals surface area contributed by atoms with Crippen molar-refractivity contribution in [2.75, 3.05) is 5.32 Å². The number of para-hydroxylation sites is 1. The normalized spacial score (nSPS) is 10.8. The molecule has 4 rings (SSSR count). The highest BCUT2D eigenvalue weighted by molar-refractivity contribution is 7.13. The Kier molecular flexibility index (Phi) is 5.73. The Bertz CT molecular complexity index is 1330. The maximum absolute atomic E-state index is 14.1. The van der Waals surface area contributed by atoms with Gasteiger partial charge in [0.15, 0.2) is 0 Å². The number of halogens is 1. The number of nitrogens with one attached hydrogen (secondary N) is 1. The van der Waals surface area contributed by atoms with Crippen LogP contribution in [0.5, 0.6) is 0 Å². The zero-order valence-corrected chi connectivity index (χ0v) is 17.7. The number of hydrogen-bond acceptors (Lipinski definition) is 5. The van der Waals surface area contributed by atoms with E-state index < -0.39 is 0 Å². The van der Waals surface area contributed by atoms with Gasteiger partial charge in [0.2, 0.25) is 5.91 Å². The fourth-order valence-corrected chi connectivity index (χ4v) is 3.95. The van der Waals surface area contributed by atoms with E-state index in [0.29, 0.717) is 38.8 Å². The number of carbonyl (C=O) groups is 1. The average Bonchev–Trinajstić information content (AvgIpc) is 3.25. The van der Waals surface area contributed by atoms with Crippen molar-refractivity contribution in [1.29, 1.82) is 0 Å². The van der Waals surface area contributed by atoms with Gasteiger partial charge in [0.05, 0.1) is 17.7 Å². The number of aromatic nitrogens is 3. The van der Waals surface area contributed by atoms with Crippen molar-refractivity contribution in [2.45, 2.75) is 20.4 Å². The summed E-state index contributed by atoms with van der Waals surface area (Å²) in [5, 5.41) is 5.22. The number of aryl methyl sites for hydroxylation is 1. The Morgan fingerprint density at radius 3 is 2.58 bits per heavy atom. The van der Waals surface area contributed by atoms with Gasteiger partial charge in [-0.3, -0.25) is 14.2 Å². The molecule has 6 nitrogen and oxygen atoms in total. The molecule has 1 amide bonds. The average molecular weight is 434 g/mol. The third-order valence-corrected chi connectivity index (χ3v) is 5.79. The van der Waals surface area contributed by atoms with Gasteiger partial charge in [-0.25, -0.2) is 14.4 Å². The van der Waals surface area contributed by atoms with Crippen LogP contribution in [0.15, 0.2) is 65.0 Å². The number of thiazole rings is 1. The van der Waals surface area contributed by atoms with E-state index in [0.717, 1.165) is 0 Å². The molecule has 0 atom stereocenters. The Labute approximate surface area is 182 Å². The summed E-state index contributed by atoms with van der Waals surface area (Å²) in [5.41, 5.74) is 3.24. The molecule has 0 aliphatic carbocycles. The van der Waals surface area contributed by atoms with E-state index in [1.807, 2.05) is 17.5 Å². The molecular weight excluding hydrogens is 415 g/mol. The van der Waals surface area contributed by atoms with Crippen LogP contribution in [0.2, 0.25) is 0 Å². The van der Waals surface area contributed by atoms with E-state index in [2.05, 4.69) is 15.3 Å². The van der Waals surface area contributed by atoms with Crippen molar-refractivity contribution < 1.29 is 9.18 Å². The molecule has 2 heterocycles. The van der Waals surface area contributed by atoms with Crippen LogP contribution in [0.3, 0.4) is 0 Å². The molecule has 0 aliphatic heterocycles. The van der Waals surface area contributed by atoms with Gasteiger partial charge in [-0.05, 0) is 32.0 Å². The Balaban J connectivity index is 1.59. The summed E-state index contributed by atoms with van der Waals surface area (Å²) in [7, 11) is 0. The molecule has 31 heavy (non-hydrogen) atoms. The largest absolute Gasteiger partial charge is 0.324 e. The highest BCUT2D eigenvalue weighted by Crippen LogP contribution is 2.33. The minimum absolute atomic E-state index is 0.154. The molecule has 0 spiro atoms. The van der Waals surface area contributed by atoms with Gasteiger partial charge >= 0.3 is 0 Å². The lowest BCUT2D eigenvalue weighted by Crippen LogP contribution is -2.29. The van der Waals surface area contributed by atoms with Gasteiger partial charge in [0.25, 0.3) is 5.56 Å². The van der Waals surface area contributed by atoms with Gasteiger partial charge in [-0.1, -0.05) is 30.3 Å². The predicted octanol–water partition coefficient (Wildman–Crippen LogP) is 4.43. The standard InChI is InChI=1S/C23H19FN4O2S/c1-14-15(2)25-13-28(23(14)30)11-21(29)26-19-10-6-4-8-17(19)20-12-31-22(27-20)16-7-3-5-9-18(16)24/h3-10,12-13H,11H2,1-2H3,(H,26,29). The summed E-state index contributed by atoms with van der Waals surface area (Å²) in [4.78, 5) is 33.7. The first kappa shape index (κ1) is 20.6. The molecule has 0 saturated heterocycles. The second-order valence-corrected chi connectivity index (χ2v) is 7.86. The summed E-state index contributed by atoms with van der Waals surface area (Å²) in [6.45, 7) is 3.28. The van der Waals surface area contributed by atoms with Crippen molar-refractivity contribution in [1.82, 2.24) is 14.5 Å². The third-order valence-electron chi connectivity index (χ3n) is 4.91. The molecule has 156 valence electrons. The molecule has 0 radical (unpaired) electrons. The zero-order valence-electron chi connectivity index (χ0n) is 16.9. The molecule has 4 aromatic rings. The highest BCUT2D eigenvalue weighted by Gasteiger charge is 2.15. The SMILES string of the molecule is Cc1ncn(CC(=O)Nc2ccccc2-c2csc(-c3ccccc3F)n2)c(=O)c1C. The number of rotatable bonds is 5. The van der Waals surface area contributed by atoms with Crippen molar-refractivity contribution >= 4 is 22.9 Å². The van der Waals surface area contributed by atoms with Gasteiger partial charge in [0, 0.05) is 27.8 Å². The van der Waals surface area contributed by atoms with Crippen LogP contribution in [-0.2, 0) is 11.3 Å². The summed E-state index contributed by atoms with van der Waals surface area (Å²) < 4.78 is 15.4. The van der Waals surface area contributed by atoms with Gasteiger partial charge in [-0.2, -0.15) is 0 Å². The van der Waals surface area contributed by atoms with Gasteiger partial charge < -0.3 is 5.32 Å². The number of amides is 1. The molecule has 2 aromatic heterocycles. The van der Waals surface area contributed by atoms with Crippen molar-refractivity contribution in [3.05, 3.63) is 87.7 Å². The monoisotopic (exact) mass is 434 g/mol. The molecule has 8 heteroatoms. The number of benzene rings is 2. The molecule has 0 unspecified atom stereocenters. The van der Waals surface area contributed by atoms with Crippen LogP contribution >= 0.6 is 11.3 Å². The number of nitrogens with zero attached hydrogens (tertiary/aromatic N) is 3. The van der Waals surface area contributed by atoms with Gasteiger partial charge in [-0.15, -0.1) is 11.3 Å². The fourth-order valence-electron chi connectivity index (χ4n) is 3.10. The lowest BCUT2D eigenvalue weighted by Gasteiger charge is -2.11. The first-order valence-electron chi connectivity index (χ1n) is 9.56. The van der Waals surface area contributed by atoms with Crippen molar-refractivity contribution in [3.63, 3.8) is 0 Å². The minimum Gasteiger partial charge on any atom is -0.324 e. The molecule has 0 fully saturated rings. The summed E-state index contributed by atoms with van der Waals surface area (Å²) >= 11 is 1.33. The first-order chi connectivity index (χ1) is 14.9. The molecular formula is C23H19FN4O2S. The van der Waals surface area contributed by atoms with Crippen LogP contribution < -0.4 is 10.9 Å². The maximum atomic E-state index is 14.1. The summed E-state index contributed by atoms with van der Waals surface area (Å²) in [6.07, 6.45) is 1.37. The number of anilines is 1. The molecule has 2 aromatic carbocycles. The molecule has 0 saturated carbocycles. The van der Waals surface area contributed by atoms with E-state index in [-0.39, 0.29) is 23.8 Å². The second-order valence-electron chi connectivity index (χ2n) is 7.00. The Morgan fingerprint density at radius 1 is 1.10 bits per heavy atom. The third kappa shape index (κ3) is 4.29. The van der Waals surface area contributed by atoms with E-state index in [1.165, 1.54) is 28.3 Å². The quantitative estimate of drug-likeness (QED) is 0.504. The van der Waals surface area contributed by atoms with E-state index in [9.17, 15) is 14.0 Å². The van der Waals surface area contributed by atoms with Gasteiger partial charge in [0.1, 0.15) is 17.4 Å². The van der Waals surface area contributed by atoms with E-state index in [4.69, 9.17) is 0 Å². The van der Waals surface area contributed by atoms with Crippen LogP contribution in [0.1, 0.15) is 11.3 Å². The molecule has 0 aliphatic rings. The van der Waals surface area contributed by atoms with Crippen LogP contribution in [0.25, 0.3) is 21.8 Å². The highest BCUT2D eigenvalue weighted by atomic mass is 32.1. The van der Waals surface area contributed by atoms with Crippen molar-refractivity contribution in [2.24, 2.45) is 0 Å². The number of carbonyl (C=O) groups excluding carboxylic acids is 1. The summed E-state index contributed by atoms with van der Waals surface area (Å²) in [6, 6.07) is 13.7.